The van der Waals surface area contributed by atoms with Crippen LogP contribution < -0.4 is 5.73 Å². The Kier molecular flexibility index (Phi) is 10.7. The molecule has 0 saturated carbocycles. The van der Waals surface area contributed by atoms with E-state index in [9.17, 15) is 4.79 Å². The first-order valence-corrected chi connectivity index (χ1v) is 3.25. The van der Waals surface area contributed by atoms with Crippen LogP contribution in [0, 0.1) is 0 Å². The standard InChI is InChI=1S/C3H7NO2.C3H8O2/c1-2-6-3(4)5;1-3(5)2-4/h2H2,1H3,(H2,4,5);3-5H,2H2,1H3. The molecular weight excluding hydrogens is 150 g/mol. The number of hydrogen-bond donors (Lipinski definition) is 3. The first-order valence-electron chi connectivity index (χ1n) is 3.25. The van der Waals surface area contributed by atoms with Gasteiger partial charge in [0.2, 0.25) is 0 Å². The van der Waals surface area contributed by atoms with Crippen molar-refractivity contribution >= 4 is 6.09 Å². The van der Waals surface area contributed by atoms with Crippen molar-refractivity contribution in [2.24, 2.45) is 5.73 Å². The number of hydrogen-bond acceptors (Lipinski definition) is 4. The number of rotatable bonds is 2. The Morgan fingerprint density at radius 2 is 2.09 bits per heavy atom. The molecule has 0 aliphatic heterocycles. The molecule has 1 atom stereocenters. The SMILES string of the molecule is CC(O)CO.CCOC(N)=O. The van der Waals surface area contributed by atoms with Gasteiger partial charge in [-0.05, 0) is 13.8 Å². The quantitative estimate of drug-likeness (QED) is 0.512. The zero-order valence-electron chi connectivity index (χ0n) is 6.78. The molecule has 0 aromatic rings. The van der Waals surface area contributed by atoms with Gasteiger partial charge in [-0.15, -0.1) is 0 Å². The summed E-state index contributed by atoms with van der Waals surface area (Å²) in [4.78, 5) is 9.60. The topological polar surface area (TPSA) is 92.8 Å². The third kappa shape index (κ3) is 27.1. The van der Waals surface area contributed by atoms with Gasteiger partial charge in [0.15, 0.2) is 0 Å². The second-order valence-corrected chi connectivity index (χ2v) is 1.78. The molecule has 0 bridgehead atoms. The lowest BCUT2D eigenvalue weighted by atomic mass is 10.5. The molecule has 1 unspecified atom stereocenters. The zero-order chi connectivity index (χ0) is 9.28. The fraction of sp³-hybridized carbons (Fsp3) is 0.833. The summed E-state index contributed by atoms with van der Waals surface area (Å²) < 4.78 is 4.18. The summed E-state index contributed by atoms with van der Waals surface area (Å²) >= 11 is 0. The summed E-state index contributed by atoms with van der Waals surface area (Å²) in [6.45, 7) is 3.44. The van der Waals surface area contributed by atoms with Crippen LogP contribution >= 0.6 is 0 Å². The molecule has 0 aliphatic carbocycles. The van der Waals surface area contributed by atoms with Gasteiger partial charge in [-0.2, -0.15) is 0 Å². The monoisotopic (exact) mass is 165 g/mol. The van der Waals surface area contributed by atoms with E-state index in [2.05, 4.69) is 10.5 Å². The average Bonchev–Trinajstić information content (AvgIpc) is 1.89. The van der Waals surface area contributed by atoms with Crippen molar-refractivity contribution in [2.75, 3.05) is 13.2 Å². The van der Waals surface area contributed by atoms with Gasteiger partial charge in [0.1, 0.15) is 0 Å². The van der Waals surface area contributed by atoms with Gasteiger partial charge in [-0.3, -0.25) is 0 Å². The Morgan fingerprint density at radius 1 is 1.73 bits per heavy atom. The van der Waals surface area contributed by atoms with E-state index in [1.165, 1.54) is 6.92 Å². The van der Waals surface area contributed by atoms with Gasteiger partial charge in [0, 0.05) is 0 Å². The van der Waals surface area contributed by atoms with Crippen molar-refractivity contribution < 1.29 is 19.7 Å². The van der Waals surface area contributed by atoms with Crippen LogP contribution in [0.5, 0.6) is 0 Å². The average molecular weight is 165 g/mol. The molecule has 68 valence electrons. The molecular formula is C6H15NO4. The smallest absolute Gasteiger partial charge is 0.404 e. The maximum atomic E-state index is 9.60. The summed E-state index contributed by atoms with van der Waals surface area (Å²) in [7, 11) is 0. The van der Waals surface area contributed by atoms with E-state index in [4.69, 9.17) is 10.2 Å². The van der Waals surface area contributed by atoms with Crippen LogP contribution in [0.4, 0.5) is 4.79 Å². The molecule has 4 N–H and O–H groups in total. The van der Waals surface area contributed by atoms with Crippen molar-refractivity contribution in [2.45, 2.75) is 20.0 Å². The third-order valence-corrected chi connectivity index (χ3v) is 0.551. The molecule has 0 aromatic carbocycles. The highest BCUT2D eigenvalue weighted by Crippen LogP contribution is 1.68. The first-order chi connectivity index (χ1) is 5.04. The Morgan fingerprint density at radius 3 is 2.09 bits per heavy atom. The second-order valence-electron chi connectivity index (χ2n) is 1.78. The maximum absolute atomic E-state index is 9.60. The molecule has 0 aliphatic rings. The molecule has 1 amide bonds. The van der Waals surface area contributed by atoms with Crippen molar-refractivity contribution in [3.8, 4) is 0 Å². The van der Waals surface area contributed by atoms with Gasteiger partial charge in [-0.1, -0.05) is 0 Å². The highest BCUT2D eigenvalue weighted by Gasteiger charge is 1.83. The van der Waals surface area contributed by atoms with Crippen molar-refractivity contribution in [1.82, 2.24) is 0 Å². The number of nitrogens with two attached hydrogens (primary N) is 1. The van der Waals surface area contributed by atoms with Crippen LogP contribution in [-0.4, -0.2) is 35.6 Å². The van der Waals surface area contributed by atoms with Crippen LogP contribution in [0.25, 0.3) is 0 Å². The summed E-state index contributed by atoms with van der Waals surface area (Å²) in [5.41, 5.74) is 4.54. The highest BCUT2D eigenvalue weighted by atomic mass is 16.5. The number of amides is 1. The number of aliphatic hydroxyl groups is 2. The number of carbonyl (C=O) groups is 1. The molecule has 0 saturated heterocycles. The predicted octanol–water partition coefficient (Wildman–Crippen LogP) is -0.539. The lowest BCUT2D eigenvalue weighted by Gasteiger charge is -1.90. The zero-order valence-corrected chi connectivity index (χ0v) is 6.78. The third-order valence-electron chi connectivity index (χ3n) is 0.551. The lowest BCUT2D eigenvalue weighted by Crippen LogP contribution is -2.11. The molecule has 5 heteroatoms. The summed E-state index contributed by atoms with van der Waals surface area (Å²) in [5.74, 6) is 0. The number of ether oxygens (including phenoxy) is 1. The van der Waals surface area contributed by atoms with Crippen LogP contribution in [0.15, 0.2) is 0 Å². The van der Waals surface area contributed by atoms with Crippen LogP contribution in [-0.2, 0) is 4.74 Å². The Balaban J connectivity index is 0. The molecule has 11 heavy (non-hydrogen) atoms. The Labute approximate surface area is 65.8 Å². The fourth-order valence-electron chi connectivity index (χ4n) is 0.142. The Bertz CT molecular complexity index is 94.6. The van der Waals surface area contributed by atoms with Crippen molar-refractivity contribution in [3.05, 3.63) is 0 Å². The summed E-state index contributed by atoms with van der Waals surface area (Å²) in [5, 5.41) is 16.0. The minimum Gasteiger partial charge on any atom is -0.450 e. The van der Waals surface area contributed by atoms with E-state index in [-0.39, 0.29) is 6.61 Å². The first kappa shape index (κ1) is 12.8. The number of aliphatic hydroxyl groups excluding tert-OH is 2. The summed E-state index contributed by atoms with van der Waals surface area (Å²) in [6.07, 6.45) is -1.27. The molecule has 0 spiro atoms. The Hall–Kier alpha value is -0.810. The van der Waals surface area contributed by atoms with E-state index < -0.39 is 12.2 Å². The largest absolute Gasteiger partial charge is 0.450 e. The van der Waals surface area contributed by atoms with Gasteiger partial charge < -0.3 is 20.7 Å². The molecule has 0 heterocycles. The second kappa shape index (κ2) is 9.19. The van der Waals surface area contributed by atoms with Gasteiger partial charge >= 0.3 is 6.09 Å². The van der Waals surface area contributed by atoms with Crippen LogP contribution in [0.1, 0.15) is 13.8 Å². The molecule has 0 radical (unpaired) electrons. The molecule has 0 fully saturated rings. The van der Waals surface area contributed by atoms with E-state index in [1.807, 2.05) is 0 Å². The molecule has 5 nitrogen and oxygen atoms in total. The van der Waals surface area contributed by atoms with E-state index in [0.717, 1.165) is 0 Å². The maximum Gasteiger partial charge on any atom is 0.404 e. The predicted molar refractivity (Wildman–Crippen MR) is 40.0 cm³/mol. The minimum absolute atomic E-state index is 0.139. The number of carbonyl (C=O) groups excluding carboxylic acids is 1. The lowest BCUT2D eigenvalue weighted by molar-refractivity contribution is 0.110. The van der Waals surface area contributed by atoms with E-state index in [1.54, 1.807) is 6.92 Å². The number of primary amides is 1. The molecule has 0 rings (SSSR count). The van der Waals surface area contributed by atoms with Gasteiger partial charge in [0.25, 0.3) is 0 Å². The fourth-order valence-corrected chi connectivity index (χ4v) is 0.142. The minimum atomic E-state index is -0.711. The van der Waals surface area contributed by atoms with Crippen LogP contribution in [0.2, 0.25) is 0 Å². The van der Waals surface area contributed by atoms with Gasteiger partial charge in [0.05, 0.1) is 19.3 Å². The van der Waals surface area contributed by atoms with Crippen LogP contribution in [0.3, 0.4) is 0 Å². The van der Waals surface area contributed by atoms with Crippen molar-refractivity contribution in [1.29, 1.82) is 0 Å². The van der Waals surface area contributed by atoms with E-state index in [0.29, 0.717) is 6.61 Å². The normalized spacial score (nSPS) is 10.9. The van der Waals surface area contributed by atoms with E-state index >= 15 is 0 Å². The van der Waals surface area contributed by atoms with Gasteiger partial charge in [-0.25, -0.2) is 4.79 Å². The summed E-state index contributed by atoms with van der Waals surface area (Å²) in [6, 6.07) is 0. The molecule has 0 aromatic heterocycles. The van der Waals surface area contributed by atoms with Crippen molar-refractivity contribution in [3.63, 3.8) is 0 Å². The highest BCUT2D eigenvalue weighted by molar-refractivity contribution is 5.64.